The second-order valence-corrected chi connectivity index (χ2v) is 5.91. The number of piperazine rings is 1. The molecular formula is C13H22N2O. The summed E-state index contributed by atoms with van der Waals surface area (Å²) in [4.78, 5) is 14.5. The first kappa shape index (κ1) is 10.6. The Morgan fingerprint density at radius 3 is 2.81 bits per heavy atom. The summed E-state index contributed by atoms with van der Waals surface area (Å²) in [6.07, 6.45) is 6.50. The number of carbonyl (C=O) groups is 1. The van der Waals surface area contributed by atoms with Crippen LogP contribution in [0.1, 0.15) is 39.0 Å². The fraction of sp³-hybridized carbons (Fsp3) is 0.923. The van der Waals surface area contributed by atoms with Crippen molar-refractivity contribution in [3.05, 3.63) is 0 Å². The lowest BCUT2D eigenvalue weighted by atomic mass is 10.0. The Hall–Kier alpha value is -0.570. The summed E-state index contributed by atoms with van der Waals surface area (Å²) in [5, 5.41) is 3.35. The molecule has 0 aromatic carbocycles. The van der Waals surface area contributed by atoms with Crippen molar-refractivity contribution in [3.63, 3.8) is 0 Å². The number of nitrogens with one attached hydrogen (secondary N) is 1. The van der Waals surface area contributed by atoms with Crippen molar-refractivity contribution >= 4 is 5.91 Å². The van der Waals surface area contributed by atoms with Gasteiger partial charge >= 0.3 is 0 Å². The molecule has 1 saturated heterocycles. The van der Waals surface area contributed by atoms with Crippen molar-refractivity contribution in [2.45, 2.75) is 45.1 Å². The Bertz CT molecular complexity index is 296. The van der Waals surface area contributed by atoms with Crippen LogP contribution in [0.4, 0.5) is 0 Å². The monoisotopic (exact) mass is 222 g/mol. The molecule has 1 aliphatic heterocycles. The summed E-state index contributed by atoms with van der Waals surface area (Å²) >= 11 is 0. The van der Waals surface area contributed by atoms with Gasteiger partial charge in [-0.15, -0.1) is 0 Å². The maximum atomic E-state index is 12.4. The highest BCUT2D eigenvalue weighted by molar-refractivity contribution is 5.83. The molecule has 2 saturated carbocycles. The normalized spacial score (nSPS) is 36.7. The predicted octanol–water partition coefficient (Wildman–Crippen LogP) is 1.39. The lowest BCUT2D eigenvalue weighted by Gasteiger charge is -2.34. The van der Waals surface area contributed by atoms with Gasteiger partial charge in [-0.25, -0.2) is 0 Å². The highest BCUT2D eigenvalue weighted by Gasteiger charge is 2.59. The Labute approximate surface area is 97.6 Å². The van der Waals surface area contributed by atoms with Crippen molar-refractivity contribution in [1.29, 1.82) is 0 Å². The van der Waals surface area contributed by atoms with Gasteiger partial charge in [0.2, 0.25) is 5.91 Å². The van der Waals surface area contributed by atoms with Crippen LogP contribution in [0.15, 0.2) is 0 Å². The third-order valence-electron chi connectivity index (χ3n) is 4.87. The molecule has 2 aliphatic carbocycles. The van der Waals surface area contributed by atoms with E-state index < -0.39 is 0 Å². The van der Waals surface area contributed by atoms with Gasteiger partial charge in [-0.3, -0.25) is 4.79 Å². The molecule has 0 radical (unpaired) electrons. The number of hydrogen-bond donors (Lipinski definition) is 1. The van der Waals surface area contributed by atoms with Crippen LogP contribution in [-0.4, -0.2) is 36.5 Å². The van der Waals surface area contributed by atoms with E-state index in [1.165, 1.54) is 32.1 Å². The van der Waals surface area contributed by atoms with Crippen molar-refractivity contribution < 1.29 is 4.79 Å². The number of hydrogen-bond acceptors (Lipinski definition) is 2. The van der Waals surface area contributed by atoms with Crippen LogP contribution in [0.5, 0.6) is 0 Å². The molecule has 90 valence electrons. The second-order valence-electron chi connectivity index (χ2n) is 5.91. The van der Waals surface area contributed by atoms with Gasteiger partial charge in [-0.2, -0.15) is 0 Å². The van der Waals surface area contributed by atoms with Gasteiger partial charge in [0.05, 0.1) is 0 Å². The SMILES string of the molecule is C[C@@H]1CNCCN1C(=O)C1CC12CCCC2. The van der Waals surface area contributed by atoms with Gasteiger partial charge in [0.15, 0.2) is 0 Å². The highest BCUT2D eigenvalue weighted by Crippen LogP contribution is 2.63. The van der Waals surface area contributed by atoms with Gasteiger partial charge in [0, 0.05) is 31.6 Å². The molecule has 0 aromatic heterocycles. The molecule has 3 aliphatic rings. The third kappa shape index (κ3) is 1.56. The summed E-state index contributed by atoms with van der Waals surface area (Å²) in [5.41, 5.74) is 0.460. The van der Waals surface area contributed by atoms with Crippen LogP contribution >= 0.6 is 0 Å². The summed E-state index contributed by atoms with van der Waals surface area (Å²) in [6, 6.07) is 0.389. The van der Waals surface area contributed by atoms with E-state index in [1.807, 2.05) is 0 Å². The topological polar surface area (TPSA) is 32.3 Å². The zero-order valence-corrected chi connectivity index (χ0v) is 10.2. The molecule has 3 nitrogen and oxygen atoms in total. The number of nitrogens with zero attached hydrogens (tertiary/aromatic N) is 1. The molecule has 1 heterocycles. The molecule has 3 heteroatoms. The van der Waals surface area contributed by atoms with Crippen molar-refractivity contribution in [2.24, 2.45) is 11.3 Å². The molecule has 0 bridgehead atoms. The van der Waals surface area contributed by atoms with Crippen molar-refractivity contribution in [1.82, 2.24) is 10.2 Å². The first-order chi connectivity index (χ1) is 7.73. The minimum absolute atomic E-state index is 0.385. The zero-order valence-electron chi connectivity index (χ0n) is 10.2. The average molecular weight is 222 g/mol. The highest BCUT2D eigenvalue weighted by atomic mass is 16.2. The largest absolute Gasteiger partial charge is 0.337 e. The molecule has 1 unspecified atom stereocenters. The van der Waals surface area contributed by atoms with Gasteiger partial charge in [-0.1, -0.05) is 12.8 Å². The van der Waals surface area contributed by atoms with Gasteiger partial charge in [-0.05, 0) is 31.6 Å². The zero-order chi connectivity index (χ0) is 11.2. The predicted molar refractivity (Wildman–Crippen MR) is 63.1 cm³/mol. The fourth-order valence-electron chi connectivity index (χ4n) is 3.70. The van der Waals surface area contributed by atoms with Crippen LogP contribution < -0.4 is 5.32 Å². The van der Waals surface area contributed by atoms with Crippen LogP contribution in [0.3, 0.4) is 0 Å². The summed E-state index contributed by atoms with van der Waals surface area (Å²) in [5.74, 6) is 0.839. The first-order valence-corrected chi connectivity index (χ1v) is 6.74. The summed E-state index contributed by atoms with van der Waals surface area (Å²) in [6.45, 7) is 5.00. The Morgan fingerprint density at radius 2 is 2.12 bits per heavy atom. The molecule has 3 rings (SSSR count). The lowest BCUT2D eigenvalue weighted by Crippen LogP contribution is -2.53. The van der Waals surface area contributed by atoms with E-state index >= 15 is 0 Å². The van der Waals surface area contributed by atoms with Crippen LogP contribution in [0, 0.1) is 11.3 Å². The van der Waals surface area contributed by atoms with Crippen molar-refractivity contribution in [3.8, 4) is 0 Å². The third-order valence-corrected chi connectivity index (χ3v) is 4.87. The molecule has 3 fully saturated rings. The van der Waals surface area contributed by atoms with E-state index in [-0.39, 0.29) is 0 Å². The van der Waals surface area contributed by atoms with Gasteiger partial charge < -0.3 is 10.2 Å². The number of amides is 1. The Morgan fingerprint density at radius 1 is 1.38 bits per heavy atom. The van der Waals surface area contributed by atoms with E-state index in [9.17, 15) is 4.79 Å². The lowest BCUT2D eigenvalue weighted by molar-refractivity contribution is -0.136. The molecule has 16 heavy (non-hydrogen) atoms. The number of carbonyl (C=O) groups excluding carboxylic acids is 1. The van der Waals surface area contributed by atoms with Gasteiger partial charge in [0.1, 0.15) is 0 Å². The first-order valence-electron chi connectivity index (χ1n) is 6.74. The Kier molecular flexibility index (Phi) is 2.46. The summed E-state index contributed by atoms with van der Waals surface area (Å²) < 4.78 is 0. The van der Waals surface area contributed by atoms with E-state index in [1.54, 1.807) is 0 Å². The Balaban J connectivity index is 1.65. The van der Waals surface area contributed by atoms with E-state index in [0.717, 1.165) is 19.6 Å². The smallest absolute Gasteiger partial charge is 0.226 e. The van der Waals surface area contributed by atoms with Crippen LogP contribution in [-0.2, 0) is 4.79 Å². The second kappa shape index (κ2) is 3.73. The maximum Gasteiger partial charge on any atom is 0.226 e. The van der Waals surface area contributed by atoms with E-state index in [2.05, 4.69) is 17.1 Å². The molecule has 1 N–H and O–H groups in total. The minimum atomic E-state index is 0.385. The quantitative estimate of drug-likeness (QED) is 0.727. The average Bonchev–Trinajstić information content (AvgIpc) is 2.76. The van der Waals surface area contributed by atoms with Gasteiger partial charge in [0.25, 0.3) is 0 Å². The molecule has 1 amide bonds. The standard InChI is InChI=1S/C13H22N2O/c1-10-9-14-6-7-15(10)12(16)11-8-13(11)4-2-3-5-13/h10-11,14H,2-9H2,1H3/t10-,11?/m1/s1. The molecule has 1 spiro atoms. The van der Waals surface area contributed by atoms with Crippen LogP contribution in [0.25, 0.3) is 0 Å². The maximum absolute atomic E-state index is 12.4. The fourth-order valence-corrected chi connectivity index (χ4v) is 3.70. The van der Waals surface area contributed by atoms with E-state index in [4.69, 9.17) is 0 Å². The summed E-state index contributed by atoms with van der Waals surface area (Å²) in [7, 11) is 0. The molecular weight excluding hydrogens is 200 g/mol. The minimum Gasteiger partial charge on any atom is -0.337 e. The molecule has 2 atom stereocenters. The van der Waals surface area contributed by atoms with Crippen molar-refractivity contribution in [2.75, 3.05) is 19.6 Å². The van der Waals surface area contributed by atoms with E-state index in [0.29, 0.717) is 23.3 Å². The number of rotatable bonds is 1. The molecule has 0 aromatic rings. The van der Waals surface area contributed by atoms with Crippen LogP contribution in [0.2, 0.25) is 0 Å².